The molecule has 52 valence electrons. The Hall–Kier alpha value is -0.0800. The van der Waals surface area contributed by atoms with Crippen molar-refractivity contribution in [3.63, 3.8) is 0 Å². The molecule has 0 radical (unpaired) electrons. The highest BCUT2D eigenvalue weighted by Crippen LogP contribution is 2.20. The lowest BCUT2D eigenvalue weighted by molar-refractivity contribution is 0.0114. The van der Waals surface area contributed by atoms with Crippen molar-refractivity contribution in [1.82, 2.24) is 5.32 Å². The number of fused-ring (bicyclic) bond motifs is 1. The monoisotopic (exact) mass is 127 g/mol. The van der Waals surface area contributed by atoms with Gasteiger partial charge >= 0.3 is 0 Å². The second kappa shape index (κ2) is 2.27. The number of nitrogens with one attached hydrogen (secondary N) is 1. The van der Waals surface area contributed by atoms with Gasteiger partial charge in [-0.3, -0.25) is 0 Å². The van der Waals surface area contributed by atoms with Gasteiger partial charge in [0.15, 0.2) is 0 Å². The van der Waals surface area contributed by atoms with Gasteiger partial charge < -0.3 is 10.1 Å². The molecule has 2 saturated heterocycles. The normalized spacial score (nSPS) is 42.7. The molecule has 0 amide bonds. The van der Waals surface area contributed by atoms with Gasteiger partial charge in [-0.1, -0.05) is 0 Å². The quantitative estimate of drug-likeness (QED) is 0.512. The lowest BCUT2D eigenvalue weighted by Crippen LogP contribution is -2.36. The first-order valence-corrected chi connectivity index (χ1v) is 3.82. The van der Waals surface area contributed by atoms with Crippen LogP contribution in [0.2, 0.25) is 0 Å². The molecule has 2 fully saturated rings. The molecule has 2 aliphatic rings. The van der Waals surface area contributed by atoms with Crippen molar-refractivity contribution in [2.75, 3.05) is 13.2 Å². The Bertz CT molecular complexity index is 93.1. The Morgan fingerprint density at radius 3 is 3.22 bits per heavy atom. The fourth-order valence-corrected chi connectivity index (χ4v) is 1.77. The zero-order valence-corrected chi connectivity index (χ0v) is 5.60. The molecule has 2 heterocycles. The smallest absolute Gasteiger partial charge is 0.0740 e. The van der Waals surface area contributed by atoms with Gasteiger partial charge in [0.2, 0.25) is 0 Å². The highest BCUT2D eigenvalue weighted by atomic mass is 16.5. The molecule has 0 aromatic rings. The molecule has 2 aliphatic heterocycles. The molecule has 2 nitrogen and oxygen atoms in total. The van der Waals surface area contributed by atoms with E-state index in [2.05, 4.69) is 5.32 Å². The lowest BCUT2D eigenvalue weighted by Gasteiger charge is -2.24. The third kappa shape index (κ3) is 0.970. The van der Waals surface area contributed by atoms with E-state index >= 15 is 0 Å². The summed E-state index contributed by atoms with van der Waals surface area (Å²) >= 11 is 0. The van der Waals surface area contributed by atoms with Crippen LogP contribution in [0.4, 0.5) is 0 Å². The first-order chi connectivity index (χ1) is 4.47. The zero-order chi connectivity index (χ0) is 6.10. The molecule has 0 bridgehead atoms. The molecule has 2 atom stereocenters. The Kier molecular flexibility index (Phi) is 1.44. The molecule has 0 unspecified atom stereocenters. The molecule has 2 rings (SSSR count). The molecular weight excluding hydrogens is 114 g/mol. The second-order valence-electron chi connectivity index (χ2n) is 2.90. The summed E-state index contributed by atoms with van der Waals surface area (Å²) in [6.45, 7) is 2.15. The Morgan fingerprint density at radius 1 is 1.33 bits per heavy atom. The fraction of sp³-hybridized carbons (Fsp3) is 1.00. The van der Waals surface area contributed by atoms with Gasteiger partial charge in [0, 0.05) is 12.6 Å². The molecule has 0 saturated carbocycles. The van der Waals surface area contributed by atoms with E-state index in [1.54, 1.807) is 0 Å². The van der Waals surface area contributed by atoms with E-state index in [1.165, 1.54) is 19.3 Å². The van der Waals surface area contributed by atoms with Crippen LogP contribution in [0.5, 0.6) is 0 Å². The molecule has 0 aromatic heterocycles. The minimum absolute atomic E-state index is 0.554. The zero-order valence-electron chi connectivity index (χ0n) is 5.60. The minimum Gasteiger partial charge on any atom is -0.377 e. The van der Waals surface area contributed by atoms with E-state index in [0.29, 0.717) is 12.1 Å². The first-order valence-electron chi connectivity index (χ1n) is 3.82. The minimum atomic E-state index is 0.554. The van der Waals surface area contributed by atoms with Crippen LogP contribution in [0, 0.1) is 0 Å². The third-order valence-electron chi connectivity index (χ3n) is 2.28. The van der Waals surface area contributed by atoms with Crippen LogP contribution in [-0.2, 0) is 4.74 Å². The number of ether oxygens (including phenoxy) is 1. The van der Waals surface area contributed by atoms with Crippen LogP contribution in [0.3, 0.4) is 0 Å². The molecule has 0 spiro atoms. The van der Waals surface area contributed by atoms with Crippen molar-refractivity contribution in [2.45, 2.75) is 31.4 Å². The number of rotatable bonds is 0. The Balaban J connectivity index is 1.97. The molecule has 9 heavy (non-hydrogen) atoms. The van der Waals surface area contributed by atoms with Gasteiger partial charge in [-0.2, -0.15) is 0 Å². The van der Waals surface area contributed by atoms with Crippen LogP contribution in [0.15, 0.2) is 0 Å². The highest BCUT2D eigenvalue weighted by molar-refractivity contribution is 4.86. The average Bonchev–Trinajstić information content (AvgIpc) is 2.33. The van der Waals surface area contributed by atoms with Gasteiger partial charge in [0.1, 0.15) is 0 Å². The fourth-order valence-electron chi connectivity index (χ4n) is 1.77. The lowest BCUT2D eigenvalue weighted by atomic mass is 10.0. The Morgan fingerprint density at radius 2 is 2.33 bits per heavy atom. The Labute approximate surface area is 55.6 Å². The van der Waals surface area contributed by atoms with Crippen LogP contribution in [0.25, 0.3) is 0 Å². The van der Waals surface area contributed by atoms with E-state index in [1.807, 2.05) is 0 Å². The standard InChI is InChI=1S/C7H13NO/c1-2-6-7(9-5-1)3-4-8-6/h6-8H,1-5H2/t6-,7-/m0/s1. The number of hydrogen-bond acceptors (Lipinski definition) is 2. The summed E-state index contributed by atoms with van der Waals surface area (Å²) in [5.74, 6) is 0. The summed E-state index contributed by atoms with van der Waals surface area (Å²) < 4.78 is 5.54. The van der Waals surface area contributed by atoms with Gasteiger partial charge in [-0.05, 0) is 25.8 Å². The summed E-state index contributed by atoms with van der Waals surface area (Å²) in [5, 5.41) is 3.43. The van der Waals surface area contributed by atoms with Crippen LogP contribution in [0.1, 0.15) is 19.3 Å². The van der Waals surface area contributed by atoms with Crippen molar-refractivity contribution in [2.24, 2.45) is 0 Å². The van der Waals surface area contributed by atoms with Crippen LogP contribution in [-0.4, -0.2) is 25.3 Å². The van der Waals surface area contributed by atoms with Gasteiger partial charge in [0.25, 0.3) is 0 Å². The van der Waals surface area contributed by atoms with Crippen molar-refractivity contribution in [3.8, 4) is 0 Å². The largest absolute Gasteiger partial charge is 0.377 e. The average molecular weight is 127 g/mol. The molecular formula is C7H13NO. The topological polar surface area (TPSA) is 21.3 Å². The van der Waals surface area contributed by atoms with E-state index in [4.69, 9.17) is 4.74 Å². The maximum absolute atomic E-state index is 5.54. The maximum Gasteiger partial charge on any atom is 0.0740 e. The molecule has 1 N–H and O–H groups in total. The highest BCUT2D eigenvalue weighted by Gasteiger charge is 2.29. The van der Waals surface area contributed by atoms with Crippen LogP contribution >= 0.6 is 0 Å². The second-order valence-corrected chi connectivity index (χ2v) is 2.90. The summed E-state index contributed by atoms with van der Waals surface area (Å²) in [6, 6.07) is 0.693. The van der Waals surface area contributed by atoms with Gasteiger partial charge in [0.05, 0.1) is 6.10 Å². The summed E-state index contributed by atoms with van der Waals surface area (Å²) in [7, 11) is 0. The summed E-state index contributed by atoms with van der Waals surface area (Å²) in [5.41, 5.74) is 0. The predicted molar refractivity (Wildman–Crippen MR) is 35.4 cm³/mol. The van der Waals surface area contributed by atoms with Crippen molar-refractivity contribution < 1.29 is 4.74 Å². The van der Waals surface area contributed by atoms with Crippen molar-refractivity contribution in [3.05, 3.63) is 0 Å². The van der Waals surface area contributed by atoms with Crippen molar-refractivity contribution >= 4 is 0 Å². The van der Waals surface area contributed by atoms with E-state index in [-0.39, 0.29) is 0 Å². The third-order valence-corrected chi connectivity index (χ3v) is 2.28. The molecule has 2 heteroatoms. The number of hydrogen-bond donors (Lipinski definition) is 1. The first kappa shape index (κ1) is 5.69. The predicted octanol–water partition coefficient (Wildman–Crippen LogP) is 0.527. The van der Waals surface area contributed by atoms with Crippen LogP contribution < -0.4 is 5.32 Å². The van der Waals surface area contributed by atoms with E-state index in [9.17, 15) is 0 Å². The maximum atomic E-state index is 5.54. The molecule has 0 aliphatic carbocycles. The summed E-state index contributed by atoms with van der Waals surface area (Å²) in [4.78, 5) is 0. The van der Waals surface area contributed by atoms with Gasteiger partial charge in [-0.15, -0.1) is 0 Å². The van der Waals surface area contributed by atoms with Gasteiger partial charge in [-0.25, -0.2) is 0 Å². The molecule has 0 aromatic carbocycles. The van der Waals surface area contributed by atoms with Crippen molar-refractivity contribution in [1.29, 1.82) is 0 Å². The SMILES string of the molecule is C1CO[C@H]2CCN[C@H]2C1. The van der Waals surface area contributed by atoms with E-state index < -0.39 is 0 Å². The van der Waals surface area contributed by atoms with E-state index in [0.717, 1.165) is 13.2 Å². The summed E-state index contributed by atoms with van der Waals surface area (Å²) in [6.07, 6.45) is 4.35.